The third-order valence-electron chi connectivity index (χ3n) is 12.4. The zero-order valence-electron chi connectivity index (χ0n) is 31.4. The number of allylic oxidation sites excluding steroid dienone is 4. The van der Waals surface area contributed by atoms with Crippen LogP contribution in [-0.4, -0.2) is 0 Å². The molecule has 0 saturated carbocycles. The van der Waals surface area contributed by atoms with Crippen molar-refractivity contribution in [3.63, 3.8) is 0 Å². The average molecular weight is 694 g/mol. The fraction of sp³-hybridized carbons (Fsp3) is 0.132. The molecular weight excluding hydrogens is 651 g/mol. The van der Waals surface area contributed by atoms with E-state index in [9.17, 15) is 0 Å². The Morgan fingerprint density at radius 3 is 1.81 bits per heavy atom. The first kappa shape index (κ1) is 32.5. The summed E-state index contributed by atoms with van der Waals surface area (Å²) in [4.78, 5) is 2.52. The van der Waals surface area contributed by atoms with Crippen LogP contribution in [0.2, 0.25) is 0 Å². The summed E-state index contributed by atoms with van der Waals surface area (Å²) in [6.45, 7) is 9.29. The highest BCUT2D eigenvalue weighted by Crippen LogP contribution is 2.64. The number of hydrogen-bond acceptors (Lipinski definition) is 1. The second-order valence-electron chi connectivity index (χ2n) is 15.5. The Kier molecular flexibility index (Phi) is 7.33. The molecule has 1 atom stereocenters. The third kappa shape index (κ3) is 4.45. The maximum absolute atomic E-state index is 2.52. The number of benzene rings is 7. The maximum Gasteiger partial charge on any atom is 0.0722 e. The van der Waals surface area contributed by atoms with Gasteiger partial charge >= 0.3 is 0 Å². The normalized spacial score (nSPS) is 17.0. The molecule has 1 nitrogen and oxygen atoms in total. The van der Waals surface area contributed by atoms with Crippen molar-refractivity contribution in [3.8, 4) is 33.4 Å². The Morgan fingerprint density at radius 1 is 0.500 bits per heavy atom. The van der Waals surface area contributed by atoms with Crippen molar-refractivity contribution in [2.45, 2.75) is 44.9 Å². The maximum atomic E-state index is 2.52. The lowest BCUT2D eigenvalue weighted by molar-refractivity contribution is 0.660. The zero-order valence-corrected chi connectivity index (χ0v) is 31.4. The van der Waals surface area contributed by atoms with Crippen LogP contribution in [0.15, 0.2) is 182 Å². The topological polar surface area (TPSA) is 3.24 Å². The summed E-state index contributed by atoms with van der Waals surface area (Å²) in [7, 11) is 0. The van der Waals surface area contributed by atoms with E-state index in [0.717, 1.165) is 12.1 Å². The van der Waals surface area contributed by atoms with Gasteiger partial charge in [0, 0.05) is 22.4 Å². The molecular formula is C53H43N. The Labute approximate surface area is 319 Å². The summed E-state index contributed by atoms with van der Waals surface area (Å²) in [5.74, 6) is 0. The van der Waals surface area contributed by atoms with Gasteiger partial charge < -0.3 is 4.90 Å². The summed E-state index contributed by atoms with van der Waals surface area (Å²) in [6.07, 6.45) is 5.74. The van der Waals surface area contributed by atoms with Gasteiger partial charge in [-0.15, -0.1) is 0 Å². The molecule has 0 saturated heterocycles. The first-order valence-electron chi connectivity index (χ1n) is 19.4. The highest BCUT2D eigenvalue weighted by molar-refractivity contribution is 6.01. The van der Waals surface area contributed by atoms with Gasteiger partial charge in [-0.3, -0.25) is 0 Å². The molecule has 7 aromatic carbocycles. The summed E-state index contributed by atoms with van der Waals surface area (Å²) >= 11 is 0. The lowest BCUT2D eigenvalue weighted by Gasteiger charge is -2.33. The van der Waals surface area contributed by atoms with Gasteiger partial charge in [-0.2, -0.15) is 0 Å². The summed E-state index contributed by atoms with van der Waals surface area (Å²) in [5.41, 5.74) is 21.6. The van der Waals surface area contributed by atoms with E-state index in [1.54, 1.807) is 0 Å². The molecule has 3 aliphatic carbocycles. The molecule has 0 radical (unpaired) electrons. The second kappa shape index (κ2) is 12.2. The van der Waals surface area contributed by atoms with Crippen LogP contribution in [0.3, 0.4) is 0 Å². The predicted octanol–water partition coefficient (Wildman–Crippen LogP) is 14.2. The average Bonchev–Trinajstić information content (AvgIpc) is 3.75. The van der Waals surface area contributed by atoms with E-state index in [0.29, 0.717) is 0 Å². The van der Waals surface area contributed by atoms with Crippen molar-refractivity contribution in [3.05, 3.63) is 215 Å². The number of hydrogen-bond donors (Lipinski definition) is 0. The fourth-order valence-electron chi connectivity index (χ4n) is 9.96. The number of nitrogens with zero attached hydrogens (tertiary/aromatic N) is 1. The highest BCUT2D eigenvalue weighted by atomic mass is 15.1. The van der Waals surface area contributed by atoms with Crippen molar-refractivity contribution >= 4 is 22.6 Å². The molecule has 0 aromatic heterocycles. The monoisotopic (exact) mass is 693 g/mol. The van der Waals surface area contributed by atoms with Crippen LogP contribution in [0.1, 0.15) is 67.5 Å². The van der Waals surface area contributed by atoms with Gasteiger partial charge in [0.1, 0.15) is 0 Å². The molecule has 0 heterocycles. The van der Waals surface area contributed by atoms with Crippen LogP contribution in [0.25, 0.3) is 39.0 Å². The standard InChI is InChI=1S/C53H43N/c1-5-6-22-44-35(2)40-19-10-14-24-46(40)53(44)47-25-15-12-21-43(47)51-48(53)26-16-27-50(51)54(38-30-28-37(29-31-38)36-17-8-7-9-18-36)39-32-33-42-41-20-11-13-23-45(41)52(3,4)49(42)34-39/h6-34H,5H2,1-4H3/b22-6-. The molecule has 0 amide bonds. The first-order valence-corrected chi connectivity index (χ1v) is 19.4. The van der Waals surface area contributed by atoms with Crippen LogP contribution in [-0.2, 0) is 10.8 Å². The summed E-state index contributed by atoms with van der Waals surface area (Å²) < 4.78 is 0. The Balaban J connectivity index is 1.25. The molecule has 1 heteroatoms. The van der Waals surface area contributed by atoms with E-state index in [2.05, 4.69) is 209 Å². The lowest BCUT2D eigenvalue weighted by atomic mass is 9.69. The van der Waals surface area contributed by atoms with Crippen molar-refractivity contribution < 1.29 is 0 Å². The van der Waals surface area contributed by atoms with Crippen LogP contribution in [0.4, 0.5) is 17.1 Å². The number of fused-ring (bicyclic) bond motifs is 10. The Morgan fingerprint density at radius 2 is 1.07 bits per heavy atom. The summed E-state index contributed by atoms with van der Waals surface area (Å²) in [5, 5.41) is 0. The van der Waals surface area contributed by atoms with Crippen LogP contribution in [0.5, 0.6) is 0 Å². The van der Waals surface area contributed by atoms with Gasteiger partial charge in [-0.05, 0) is 116 Å². The highest BCUT2D eigenvalue weighted by Gasteiger charge is 2.52. The largest absolute Gasteiger partial charge is 0.310 e. The molecule has 0 aliphatic heterocycles. The van der Waals surface area contributed by atoms with E-state index in [1.165, 1.54) is 89.3 Å². The molecule has 0 N–H and O–H groups in total. The van der Waals surface area contributed by atoms with Gasteiger partial charge in [-0.25, -0.2) is 0 Å². The second-order valence-corrected chi connectivity index (χ2v) is 15.5. The number of rotatable bonds is 6. The molecule has 54 heavy (non-hydrogen) atoms. The molecule has 3 aliphatic rings. The quantitative estimate of drug-likeness (QED) is 0.168. The summed E-state index contributed by atoms with van der Waals surface area (Å²) in [6, 6.07) is 61.2. The van der Waals surface area contributed by atoms with Gasteiger partial charge in [-0.1, -0.05) is 166 Å². The molecule has 260 valence electrons. The van der Waals surface area contributed by atoms with Crippen LogP contribution >= 0.6 is 0 Å². The van der Waals surface area contributed by atoms with Gasteiger partial charge in [0.15, 0.2) is 0 Å². The molecule has 0 fully saturated rings. The predicted molar refractivity (Wildman–Crippen MR) is 228 cm³/mol. The molecule has 1 unspecified atom stereocenters. The molecule has 7 aromatic rings. The van der Waals surface area contributed by atoms with E-state index in [-0.39, 0.29) is 5.41 Å². The van der Waals surface area contributed by atoms with Crippen molar-refractivity contribution in [2.75, 3.05) is 4.90 Å². The van der Waals surface area contributed by atoms with Gasteiger partial charge in [0.25, 0.3) is 0 Å². The lowest BCUT2D eigenvalue weighted by Crippen LogP contribution is -2.27. The van der Waals surface area contributed by atoms with E-state index >= 15 is 0 Å². The molecule has 10 rings (SSSR count). The molecule has 0 bridgehead atoms. The SMILES string of the molecule is CC/C=C\C1=C(C)c2ccccc2C12c1ccccc1-c1c(N(c3ccc(-c4ccccc4)cc3)c3ccc4c(c3)C(C)(C)c3ccccc3-4)cccc12. The van der Waals surface area contributed by atoms with Crippen LogP contribution < -0.4 is 4.90 Å². The molecule has 1 spiro atoms. The van der Waals surface area contributed by atoms with Crippen molar-refractivity contribution in [1.82, 2.24) is 0 Å². The van der Waals surface area contributed by atoms with E-state index < -0.39 is 5.41 Å². The van der Waals surface area contributed by atoms with Crippen LogP contribution in [0, 0.1) is 0 Å². The van der Waals surface area contributed by atoms with Gasteiger partial charge in [0.2, 0.25) is 0 Å². The third-order valence-corrected chi connectivity index (χ3v) is 12.4. The van der Waals surface area contributed by atoms with E-state index in [1.807, 2.05) is 0 Å². The first-order chi connectivity index (χ1) is 26.4. The Bertz CT molecular complexity index is 2670. The minimum atomic E-state index is -0.404. The minimum absolute atomic E-state index is 0.115. The van der Waals surface area contributed by atoms with Crippen molar-refractivity contribution in [2.24, 2.45) is 0 Å². The fourth-order valence-corrected chi connectivity index (χ4v) is 9.96. The van der Waals surface area contributed by atoms with E-state index in [4.69, 9.17) is 0 Å². The minimum Gasteiger partial charge on any atom is -0.310 e. The zero-order chi connectivity index (χ0) is 36.6. The van der Waals surface area contributed by atoms with Crippen molar-refractivity contribution in [1.29, 1.82) is 0 Å². The van der Waals surface area contributed by atoms with Gasteiger partial charge in [0.05, 0.1) is 11.1 Å². The smallest absolute Gasteiger partial charge is 0.0722 e. The number of anilines is 3. The Hall–Kier alpha value is -6.18.